The number of nitrogens with one attached hydrogen (secondary N) is 1. The van der Waals surface area contributed by atoms with E-state index in [9.17, 15) is 9.59 Å². The lowest BCUT2D eigenvalue weighted by Gasteiger charge is -2.16. The molecule has 1 aromatic heterocycles. The first-order chi connectivity index (χ1) is 12.0. The van der Waals surface area contributed by atoms with Gasteiger partial charge in [-0.25, -0.2) is 4.79 Å². The number of anilines is 1. The molecule has 1 aromatic carbocycles. The summed E-state index contributed by atoms with van der Waals surface area (Å²) in [4.78, 5) is 25.9. The molecule has 1 N–H and O–H groups in total. The van der Waals surface area contributed by atoms with Gasteiger partial charge >= 0.3 is 5.97 Å². The summed E-state index contributed by atoms with van der Waals surface area (Å²) in [5.74, 6) is -0.223. The van der Waals surface area contributed by atoms with Crippen LogP contribution in [0.1, 0.15) is 39.0 Å². The van der Waals surface area contributed by atoms with E-state index in [1.807, 2.05) is 12.1 Å². The van der Waals surface area contributed by atoms with Crippen LogP contribution in [0.3, 0.4) is 0 Å². The van der Waals surface area contributed by atoms with Crippen LogP contribution in [0, 0.1) is 17.2 Å². The summed E-state index contributed by atoms with van der Waals surface area (Å²) in [5.41, 5.74) is 2.30. The van der Waals surface area contributed by atoms with Crippen molar-refractivity contribution >= 4 is 28.9 Å². The highest BCUT2D eigenvalue weighted by atomic mass is 32.1. The SMILES string of the molecule is C[C@H]1CCc2sc(C(=O)OCC(=O)Nc3ccc(C#N)cc3)cc2C1. The molecule has 0 fully saturated rings. The summed E-state index contributed by atoms with van der Waals surface area (Å²) >= 11 is 1.47. The Kier molecular flexibility index (Phi) is 5.15. The number of aryl methyl sites for hydroxylation is 1. The summed E-state index contributed by atoms with van der Waals surface area (Å²) in [6.45, 7) is 1.88. The number of rotatable bonds is 4. The number of amides is 1. The van der Waals surface area contributed by atoms with Crippen LogP contribution in [-0.2, 0) is 22.4 Å². The highest BCUT2D eigenvalue weighted by molar-refractivity contribution is 7.14. The topological polar surface area (TPSA) is 79.2 Å². The first kappa shape index (κ1) is 17.2. The van der Waals surface area contributed by atoms with Crippen molar-refractivity contribution in [3.05, 3.63) is 51.2 Å². The number of hydrogen-bond donors (Lipinski definition) is 1. The standard InChI is InChI=1S/C19H18N2O3S/c1-12-2-7-16-14(8-12)9-17(25-16)19(23)24-11-18(22)21-15-5-3-13(10-20)4-6-15/h3-6,9,12H,2,7-8,11H2,1H3,(H,21,22)/t12-/m0/s1. The maximum atomic E-state index is 12.2. The Morgan fingerprint density at radius 1 is 1.36 bits per heavy atom. The van der Waals surface area contributed by atoms with Gasteiger partial charge in [0.05, 0.1) is 11.6 Å². The summed E-state index contributed by atoms with van der Waals surface area (Å²) in [6.07, 6.45) is 3.15. The van der Waals surface area contributed by atoms with Gasteiger partial charge in [-0.3, -0.25) is 4.79 Å². The number of hydrogen-bond acceptors (Lipinski definition) is 5. The minimum absolute atomic E-state index is 0.336. The number of ether oxygens (including phenoxy) is 1. The van der Waals surface area contributed by atoms with Crippen LogP contribution in [0.5, 0.6) is 0 Å². The molecule has 1 aliphatic rings. The lowest BCUT2D eigenvalue weighted by atomic mass is 9.90. The monoisotopic (exact) mass is 354 g/mol. The van der Waals surface area contributed by atoms with Crippen LogP contribution in [-0.4, -0.2) is 18.5 Å². The van der Waals surface area contributed by atoms with Crippen LogP contribution >= 0.6 is 11.3 Å². The number of benzene rings is 1. The van der Waals surface area contributed by atoms with Gasteiger partial charge in [-0.05, 0) is 61.1 Å². The molecule has 25 heavy (non-hydrogen) atoms. The number of nitriles is 1. The van der Waals surface area contributed by atoms with Gasteiger partial charge in [-0.15, -0.1) is 11.3 Å². The highest BCUT2D eigenvalue weighted by Gasteiger charge is 2.21. The number of nitrogens with zero attached hydrogens (tertiary/aromatic N) is 1. The van der Waals surface area contributed by atoms with Crippen molar-refractivity contribution in [1.29, 1.82) is 5.26 Å². The molecular formula is C19H18N2O3S. The molecule has 128 valence electrons. The fourth-order valence-electron chi connectivity index (χ4n) is 2.83. The highest BCUT2D eigenvalue weighted by Crippen LogP contribution is 2.32. The summed E-state index contributed by atoms with van der Waals surface area (Å²) in [7, 11) is 0. The number of fused-ring (bicyclic) bond motifs is 1. The molecule has 1 heterocycles. The average molecular weight is 354 g/mol. The molecule has 0 bridgehead atoms. The van der Waals surface area contributed by atoms with Crippen molar-refractivity contribution in [2.45, 2.75) is 26.2 Å². The van der Waals surface area contributed by atoms with Gasteiger partial charge in [0, 0.05) is 10.6 Å². The van der Waals surface area contributed by atoms with E-state index in [4.69, 9.17) is 10.00 Å². The van der Waals surface area contributed by atoms with E-state index >= 15 is 0 Å². The normalized spacial score (nSPS) is 15.8. The van der Waals surface area contributed by atoms with E-state index in [1.165, 1.54) is 21.8 Å². The zero-order valence-corrected chi connectivity index (χ0v) is 14.7. The number of carbonyl (C=O) groups is 2. The largest absolute Gasteiger partial charge is 0.451 e. The molecule has 1 atom stereocenters. The third-order valence-electron chi connectivity index (χ3n) is 4.16. The first-order valence-electron chi connectivity index (χ1n) is 8.14. The van der Waals surface area contributed by atoms with Crippen molar-refractivity contribution < 1.29 is 14.3 Å². The molecule has 2 aromatic rings. The Labute approximate surface area is 150 Å². The number of esters is 1. The zero-order chi connectivity index (χ0) is 17.8. The second-order valence-corrected chi connectivity index (χ2v) is 7.36. The van der Waals surface area contributed by atoms with Gasteiger partial charge in [0.25, 0.3) is 5.91 Å². The smallest absolute Gasteiger partial charge is 0.348 e. The molecule has 0 spiro atoms. The van der Waals surface area contributed by atoms with E-state index in [-0.39, 0.29) is 6.61 Å². The van der Waals surface area contributed by atoms with Gasteiger partial charge < -0.3 is 10.1 Å². The third-order valence-corrected chi connectivity index (χ3v) is 5.38. The molecule has 0 saturated carbocycles. The fraction of sp³-hybridized carbons (Fsp3) is 0.316. The number of thiophene rings is 1. The van der Waals surface area contributed by atoms with Gasteiger partial charge in [-0.1, -0.05) is 6.92 Å². The Bertz CT molecular complexity index is 833. The predicted molar refractivity (Wildman–Crippen MR) is 95.6 cm³/mol. The van der Waals surface area contributed by atoms with E-state index in [0.29, 0.717) is 22.0 Å². The maximum absolute atomic E-state index is 12.2. The Hall–Kier alpha value is -2.65. The zero-order valence-electron chi connectivity index (χ0n) is 13.9. The van der Waals surface area contributed by atoms with E-state index in [1.54, 1.807) is 24.3 Å². The molecule has 0 saturated heterocycles. The van der Waals surface area contributed by atoms with Crippen LogP contribution in [0.15, 0.2) is 30.3 Å². The van der Waals surface area contributed by atoms with Crippen molar-refractivity contribution in [2.24, 2.45) is 5.92 Å². The Balaban J connectivity index is 1.53. The summed E-state index contributed by atoms with van der Waals surface area (Å²) in [5, 5.41) is 11.4. The van der Waals surface area contributed by atoms with Crippen molar-refractivity contribution in [3.63, 3.8) is 0 Å². The van der Waals surface area contributed by atoms with Crippen molar-refractivity contribution in [2.75, 3.05) is 11.9 Å². The minimum Gasteiger partial charge on any atom is -0.451 e. The van der Waals surface area contributed by atoms with E-state index in [2.05, 4.69) is 12.2 Å². The lowest BCUT2D eigenvalue weighted by molar-refractivity contribution is -0.119. The van der Waals surface area contributed by atoms with Crippen molar-refractivity contribution in [1.82, 2.24) is 0 Å². The quantitative estimate of drug-likeness (QED) is 0.852. The molecule has 0 unspecified atom stereocenters. The van der Waals surface area contributed by atoms with Gasteiger partial charge in [-0.2, -0.15) is 5.26 Å². The lowest BCUT2D eigenvalue weighted by Crippen LogP contribution is -2.20. The molecule has 6 heteroatoms. The molecule has 1 amide bonds. The number of carbonyl (C=O) groups excluding carboxylic acids is 2. The minimum atomic E-state index is -0.456. The van der Waals surface area contributed by atoms with Crippen LogP contribution in [0.4, 0.5) is 5.69 Å². The molecular weight excluding hydrogens is 336 g/mol. The van der Waals surface area contributed by atoms with Crippen molar-refractivity contribution in [3.8, 4) is 6.07 Å². The maximum Gasteiger partial charge on any atom is 0.348 e. The van der Waals surface area contributed by atoms with Gasteiger partial charge in [0.2, 0.25) is 0 Å². The van der Waals surface area contributed by atoms with E-state index in [0.717, 1.165) is 19.3 Å². The second-order valence-electron chi connectivity index (χ2n) is 6.22. The van der Waals surface area contributed by atoms with Crippen LogP contribution < -0.4 is 5.32 Å². The van der Waals surface area contributed by atoms with E-state index < -0.39 is 11.9 Å². The van der Waals surface area contributed by atoms with Crippen LogP contribution in [0.2, 0.25) is 0 Å². The molecule has 0 aliphatic heterocycles. The molecule has 5 nitrogen and oxygen atoms in total. The first-order valence-corrected chi connectivity index (χ1v) is 8.95. The molecule has 1 aliphatic carbocycles. The van der Waals surface area contributed by atoms with Gasteiger partial charge in [0.15, 0.2) is 6.61 Å². The molecule has 3 rings (SSSR count). The average Bonchev–Trinajstić information content (AvgIpc) is 3.03. The Morgan fingerprint density at radius 2 is 2.12 bits per heavy atom. The Morgan fingerprint density at radius 3 is 2.84 bits per heavy atom. The van der Waals surface area contributed by atoms with Gasteiger partial charge in [0.1, 0.15) is 4.88 Å². The second kappa shape index (κ2) is 7.49. The summed E-state index contributed by atoms with van der Waals surface area (Å²) in [6, 6.07) is 10.4. The predicted octanol–water partition coefficient (Wildman–Crippen LogP) is 3.54. The molecule has 0 radical (unpaired) electrons. The third kappa shape index (κ3) is 4.25. The van der Waals surface area contributed by atoms with Crippen LogP contribution in [0.25, 0.3) is 0 Å². The summed E-state index contributed by atoms with van der Waals surface area (Å²) < 4.78 is 5.12. The fourth-order valence-corrected chi connectivity index (χ4v) is 3.94.